The third-order valence-electron chi connectivity index (χ3n) is 4.67. The molecular weight excluding hydrogens is 328 g/mol. The Hall–Kier alpha value is -1.93. The lowest BCUT2D eigenvalue weighted by atomic mass is 10.1. The van der Waals surface area contributed by atoms with Gasteiger partial charge < -0.3 is 29.9 Å². The monoisotopic (exact) mass is 358 g/mol. The summed E-state index contributed by atoms with van der Waals surface area (Å²) in [5.74, 6) is -2.73. The van der Waals surface area contributed by atoms with Gasteiger partial charge in [0.1, 0.15) is 12.6 Å². The number of hydrogen-bond donors (Lipinski definition) is 3. The van der Waals surface area contributed by atoms with Gasteiger partial charge in [-0.05, 0) is 33.1 Å². The van der Waals surface area contributed by atoms with Crippen molar-refractivity contribution < 1.29 is 34.2 Å². The summed E-state index contributed by atoms with van der Waals surface area (Å²) < 4.78 is -0.398. The van der Waals surface area contributed by atoms with E-state index < -0.39 is 28.5 Å². The van der Waals surface area contributed by atoms with E-state index in [0.717, 1.165) is 19.3 Å². The molecule has 8 heteroatoms. The Bertz CT molecular complexity index is 446. The topological polar surface area (TPSA) is 127 Å². The van der Waals surface area contributed by atoms with Crippen LogP contribution in [-0.4, -0.2) is 70.9 Å². The molecule has 8 nitrogen and oxygen atoms in total. The van der Waals surface area contributed by atoms with E-state index in [0.29, 0.717) is 6.42 Å². The van der Waals surface area contributed by atoms with E-state index in [9.17, 15) is 29.7 Å². The average Bonchev–Trinajstić information content (AvgIpc) is 2.56. The van der Waals surface area contributed by atoms with E-state index in [-0.39, 0.29) is 32.1 Å². The maximum Gasteiger partial charge on any atom is 0.362 e. The van der Waals surface area contributed by atoms with Gasteiger partial charge in [-0.2, -0.15) is 0 Å². The first-order chi connectivity index (χ1) is 11.7. The number of aliphatic hydroxyl groups excluding tert-OH is 1. The van der Waals surface area contributed by atoms with Crippen molar-refractivity contribution in [2.24, 2.45) is 0 Å². The molecule has 1 amide bonds. The quantitative estimate of drug-likeness (QED) is 0.213. The van der Waals surface area contributed by atoms with Gasteiger partial charge in [0.25, 0.3) is 0 Å². The lowest BCUT2D eigenvalue weighted by molar-refractivity contribution is -0.955. The molecule has 0 saturated carbocycles. The summed E-state index contributed by atoms with van der Waals surface area (Å²) in [4.78, 5) is 34.6. The van der Waals surface area contributed by atoms with E-state index in [1.807, 2.05) is 0 Å². The molecule has 0 heterocycles. The number of nitrogens with one attached hydrogen (secondary N) is 1. The number of carboxylic acid groups (broad SMARTS) is 2. The Morgan fingerprint density at radius 2 is 1.84 bits per heavy atom. The van der Waals surface area contributed by atoms with Gasteiger partial charge in [0.05, 0.1) is 25.7 Å². The first-order valence-electron chi connectivity index (χ1n) is 8.51. The van der Waals surface area contributed by atoms with Crippen LogP contribution in [0.3, 0.4) is 0 Å². The minimum Gasteiger partial charge on any atom is -0.544 e. The zero-order chi connectivity index (χ0) is 19.5. The number of aliphatic carboxylic acids is 2. The minimum absolute atomic E-state index is 0.0577. The first kappa shape index (κ1) is 23.1. The molecule has 3 atom stereocenters. The molecule has 144 valence electrons. The van der Waals surface area contributed by atoms with E-state index >= 15 is 0 Å². The van der Waals surface area contributed by atoms with Crippen LogP contribution in [0.15, 0.2) is 12.7 Å². The lowest BCUT2D eigenvalue weighted by Gasteiger charge is -2.46. The molecule has 0 radical (unpaired) electrons. The first-order valence-corrected chi connectivity index (χ1v) is 8.51. The number of nitrogens with zero attached hydrogens (tertiary/aromatic N) is 1. The highest BCUT2D eigenvalue weighted by atomic mass is 16.4. The smallest absolute Gasteiger partial charge is 0.362 e. The molecule has 0 aliphatic rings. The van der Waals surface area contributed by atoms with Crippen molar-refractivity contribution in [2.75, 3.05) is 26.2 Å². The van der Waals surface area contributed by atoms with Crippen molar-refractivity contribution >= 4 is 17.8 Å². The molecule has 3 unspecified atom stereocenters. The fourth-order valence-corrected chi connectivity index (χ4v) is 2.90. The van der Waals surface area contributed by atoms with E-state index in [2.05, 4.69) is 11.9 Å². The molecule has 0 rings (SSSR count). The number of rotatable bonds is 14. The number of carboxylic acids is 2. The summed E-state index contributed by atoms with van der Waals surface area (Å²) in [5.41, 5.74) is 0. The largest absolute Gasteiger partial charge is 0.544 e. The Morgan fingerprint density at radius 1 is 1.20 bits per heavy atom. The summed E-state index contributed by atoms with van der Waals surface area (Å²) in [6.45, 7) is 6.13. The Morgan fingerprint density at radius 3 is 2.32 bits per heavy atom. The van der Waals surface area contributed by atoms with E-state index in [1.54, 1.807) is 6.08 Å². The van der Waals surface area contributed by atoms with Crippen LogP contribution in [-0.2, 0) is 14.4 Å². The molecule has 0 aromatic rings. The van der Waals surface area contributed by atoms with Crippen molar-refractivity contribution in [2.45, 2.75) is 51.6 Å². The number of amides is 1. The number of carbonyl (C=O) groups is 3. The van der Waals surface area contributed by atoms with Crippen molar-refractivity contribution in [3.63, 3.8) is 0 Å². The summed E-state index contributed by atoms with van der Waals surface area (Å²) in [5, 5.41) is 32.7. The standard InChI is InChI=1S/C17H30N2O6/c1-4-5-6-7-8-15(21)18-9-10-19(11-12-20,13(2)16(22)23)14(3)17(24)25/h4,13-14,20H,1,5-12H2,2-3H3,(H2-,18,21,22,23,24,25). The number of unbranched alkanes of at least 4 members (excludes halogenated alkanes) is 2. The van der Waals surface area contributed by atoms with Crippen LogP contribution in [0.25, 0.3) is 0 Å². The van der Waals surface area contributed by atoms with Crippen molar-refractivity contribution in [3.8, 4) is 0 Å². The van der Waals surface area contributed by atoms with Gasteiger partial charge in [-0.25, -0.2) is 4.79 Å². The zero-order valence-electron chi connectivity index (χ0n) is 15.1. The second-order valence-electron chi connectivity index (χ2n) is 6.17. The van der Waals surface area contributed by atoms with Crippen molar-refractivity contribution in [3.05, 3.63) is 12.7 Å². The van der Waals surface area contributed by atoms with Gasteiger partial charge in [-0.1, -0.05) is 6.08 Å². The van der Waals surface area contributed by atoms with Crippen molar-refractivity contribution in [1.82, 2.24) is 5.32 Å². The molecule has 0 aliphatic carbocycles. The van der Waals surface area contributed by atoms with Crippen molar-refractivity contribution in [1.29, 1.82) is 0 Å². The molecule has 0 aromatic carbocycles. The summed E-state index contributed by atoms with van der Waals surface area (Å²) in [7, 11) is 0. The van der Waals surface area contributed by atoms with E-state index in [4.69, 9.17) is 0 Å². The molecule has 0 bridgehead atoms. The predicted octanol–water partition coefficient (Wildman–Crippen LogP) is -0.730. The van der Waals surface area contributed by atoms with Crippen LogP contribution in [0.2, 0.25) is 0 Å². The van der Waals surface area contributed by atoms with Crippen LogP contribution in [0.1, 0.15) is 39.5 Å². The highest BCUT2D eigenvalue weighted by molar-refractivity contribution is 5.76. The maximum absolute atomic E-state index is 11.8. The third kappa shape index (κ3) is 7.23. The molecule has 0 aliphatic heterocycles. The van der Waals surface area contributed by atoms with Gasteiger partial charge in [-0.3, -0.25) is 4.79 Å². The SMILES string of the molecule is C=CCCCCC(=O)NCC[N+](CCO)(C(C)C(=O)[O-])C(C)C(=O)O. The number of allylic oxidation sites excluding steroid dienone is 1. The second-order valence-corrected chi connectivity index (χ2v) is 6.17. The molecule has 0 spiro atoms. The number of hydrogen-bond acceptors (Lipinski definition) is 5. The van der Waals surface area contributed by atoms with Gasteiger partial charge in [0.2, 0.25) is 5.91 Å². The molecule has 0 saturated heterocycles. The highest BCUT2D eigenvalue weighted by Crippen LogP contribution is 2.19. The van der Waals surface area contributed by atoms with Crippen LogP contribution in [0.5, 0.6) is 0 Å². The molecule has 3 N–H and O–H groups in total. The summed E-state index contributed by atoms with van der Waals surface area (Å²) in [6.07, 6.45) is 4.54. The maximum atomic E-state index is 11.8. The highest BCUT2D eigenvalue weighted by Gasteiger charge is 2.43. The van der Waals surface area contributed by atoms with Crippen LogP contribution >= 0.6 is 0 Å². The Balaban J connectivity index is 4.93. The fraction of sp³-hybridized carbons (Fsp3) is 0.706. The summed E-state index contributed by atoms with van der Waals surface area (Å²) >= 11 is 0. The lowest BCUT2D eigenvalue weighted by Crippen LogP contribution is -2.69. The zero-order valence-corrected chi connectivity index (χ0v) is 15.1. The van der Waals surface area contributed by atoms with Gasteiger partial charge in [0, 0.05) is 6.42 Å². The normalized spacial score (nSPS) is 15.6. The predicted molar refractivity (Wildman–Crippen MR) is 90.3 cm³/mol. The Kier molecular flexibility index (Phi) is 10.7. The number of aliphatic hydroxyl groups is 1. The summed E-state index contributed by atoms with van der Waals surface area (Å²) in [6, 6.07) is -2.20. The number of quaternary nitrogens is 1. The second kappa shape index (κ2) is 11.6. The van der Waals surface area contributed by atoms with Crippen LogP contribution in [0, 0.1) is 0 Å². The van der Waals surface area contributed by atoms with Gasteiger partial charge >= 0.3 is 5.97 Å². The van der Waals surface area contributed by atoms with Gasteiger partial charge in [-0.15, -0.1) is 6.58 Å². The van der Waals surface area contributed by atoms with Crippen LogP contribution < -0.4 is 10.4 Å². The molecule has 0 fully saturated rings. The van der Waals surface area contributed by atoms with Gasteiger partial charge in [0.15, 0.2) is 6.04 Å². The molecular formula is C17H30N2O6. The Labute approximate surface area is 148 Å². The van der Waals surface area contributed by atoms with Crippen LogP contribution in [0.4, 0.5) is 0 Å². The third-order valence-corrected chi connectivity index (χ3v) is 4.67. The average molecular weight is 358 g/mol. The molecule has 25 heavy (non-hydrogen) atoms. The fourth-order valence-electron chi connectivity index (χ4n) is 2.90. The number of carbonyl (C=O) groups excluding carboxylic acids is 2. The molecule has 0 aromatic heterocycles. The van der Waals surface area contributed by atoms with E-state index in [1.165, 1.54) is 13.8 Å². The minimum atomic E-state index is -1.39.